The van der Waals surface area contributed by atoms with Gasteiger partial charge >= 0.3 is 6.18 Å². The SMILES string of the molecule is CC1=CC(=O)C(Cc2ccccc2)CC(C2CCC(C(F)(F)F)CC2)=N1. The van der Waals surface area contributed by atoms with Crippen LogP contribution in [0.5, 0.6) is 0 Å². The molecule has 0 N–H and O–H groups in total. The molecule has 0 bridgehead atoms. The second-order valence-electron chi connectivity index (χ2n) is 7.47. The van der Waals surface area contributed by atoms with Gasteiger partial charge in [0.15, 0.2) is 5.78 Å². The van der Waals surface area contributed by atoms with Crippen LogP contribution in [0.2, 0.25) is 0 Å². The molecule has 1 aliphatic heterocycles. The van der Waals surface area contributed by atoms with Crippen molar-refractivity contribution in [2.45, 2.75) is 51.6 Å². The van der Waals surface area contributed by atoms with Gasteiger partial charge in [0, 0.05) is 23.4 Å². The van der Waals surface area contributed by atoms with Gasteiger partial charge in [-0.05, 0) is 56.9 Å². The average molecular weight is 363 g/mol. The molecule has 0 spiro atoms. The summed E-state index contributed by atoms with van der Waals surface area (Å²) in [7, 11) is 0. The minimum atomic E-state index is -4.10. The highest BCUT2D eigenvalue weighted by Crippen LogP contribution is 2.41. The third kappa shape index (κ3) is 4.63. The quantitative estimate of drug-likeness (QED) is 0.694. The normalized spacial score (nSPS) is 27.5. The standard InChI is InChI=1S/C21H24F3NO/c1-14-11-20(26)17(12-15-5-3-2-4-6-15)13-19(25-14)16-7-9-18(10-8-16)21(22,23)24/h2-6,11,16-18H,7-10,12-13H2,1H3. The van der Waals surface area contributed by atoms with E-state index in [4.69, 9.17) is 0 Å². The molecule has 1 saturated carbocycles. The molecule has 1 unspecified atom stereocenters. The summed E-state index contributed by atoms with van der Waals surface area (Å²) >= 11 is 0. The van der Waals surface area contributed by atoms with E-state index in [1.807, 2.05) is 30.3 Å². The minimum absolute atomic E-state index is 0.0566. The first-order valence-corrected chi connectivity index (χ1v) is 9.23. The fraction of sp³-hybridized carbons (Fsp3) is 0.524. The van der Waals surface area contributed by atoms with Crippen LogP contribution in [0.15, 0.2) is 47.1 Å². The van der Waals surface area contributed by atoms with Crippen molar-refractivity contribution in [2.24, 2.45) is 22.7 Å². The lowest BCUT2D eigenvalue weighted by Crippen LogP contribution is -2.31. The van der Waals surface area contributed by atoms with Gasteiger partial charge in [0.2, 0.25) is 0 Å². The molecular weight excluding hydrogens is 339 g/mol. The van der Waals surface area contributed by atoms with Crippen molar-refractivity contribution in [1.82, 2.24) is 0 Å². The summed E-state index contributed by atoms with van der Waals surface area (Å²) in [6.07, 6.45) is -0.00529. The number of halogens is 3. The molecule has 1 aliphatic carbocycles. The van der Waals surface area contributed by atoms with E-state index in [1.165, 1.54) is 0 Å². The first kappa shape index (κ1) is 18.9. The van der Waals surface area contributed by atoms with Crippen molar-refractivity contribution < 1.29 is 18.0 Å². The Morgan fingerprint density at radius 3 is 2.35 bits per heavy atom. The number of carbonyl (C=O) groups excluding carboxylic acids is 1. The zero-order chi connectivity index (χ0) is 18.7. The Hall–Kier alpha value is -1.91. The molecular formula is C21H24F3NO. The van der Waals surface area contributed by atoms with Crippen molar-refractivity contribution in [3.63, 3.8) is 0 Å². The highest BCUT2D eigenvalue weighted by atomic mass is 19.4. The Morgan fingerprint density at radius 2 is 1.73 bits per heavy atom. The van der Waals surface area contributed by atoms with Crippen molar-refractivity contribution >= 4 is 11.5 Å². The number of nitrogens with zero attached hydrogens (tertiary/aromatic N) is 1. The van der Waals surface area contributed by atoms with Crippen LogP contribution in [0.1, 0.15) is 44.6 Å². The van der Waals surface area contributed by atoms with Gasteiger partial charge < -0.3 is 0 Å². The number of aliphatic imine (C=N–C) groups is 1. The van der Waals surface area contributed by atoms with E-state index >= 15 is 0 Å². The number of ketones is 1. The molecule has 1 aromatic rings. The van der Waals surface area contributed by atoms with Crippen LogP contribution in [0.25, 0.3) is 0 Å². The van der Waals surface area contributed by atoms with Gasteiger partial charge in [-0.3, -0.25) is 9.79 Å². The summed E-state index contributed by atoms with van der Waals surface area (Å²) in [6, 6.07) is 9.84. The monoisotopic (exact) mass is 363 g/mol. The maximum atomic E-state index is 12.9. The summed E-state index contributed by atoms with van der Waals surface area (Å²) in [4.78, 5) is 17.1. The molecule has 0 amide bonds. The maximum absolute atomic E-state index is 12.9. The van der Waals surface area contributed by atoms with Crippen molar-refractivity contribution in [2.75, 3.05) is 0 Å². The van der Waals surface area contributed by atoms with Gasteiger partial charge in [-0.2, -0.15) is 13.2 Å². The molecule has 1 heterocycles. The van der Waals surface area contributed by atoms with Crippen LogP contribution >= 0.6 is 0 Å². The molecule has 2 nitrogen and oxygen atoms in total. The molecule has 140 valence electrons. The molecule has 5 heteroatoms. The molecule has 2 aliphatic rings. The second-order valence-corrected chi connectivity index (χ2v) is 7.47. The van der Waals surface area contributed by atoms with Crippen LogP contribution in [0.4, 0.5) is 13.2 Å². The molecule has 1 atom stereocenters. The van der Waals surface area contributed by atoms with E-state index in [2.05, 4.69) is 4.99 Å². The highest BCUT2D eigenvalue weighted by Gasteiger charge is 2.42. The molecule has 0 aromatic heterocycles. The zero-order valence-corrected chi connectivity index (χ0v) is 14.9. The molecule has 1 aromatic carbocycles. The van der Waals surface area contributed by atoms with Crippen LogP contribution in [0, 0.1) is 17.8 Å². The van der Waals surface area contributed by atoms with Crippen LogP contribution < -0.4 is 0 Å². The summed E-state index contributed by atoms with van der Waals surface area (Å²) in [5.74, 6) is -1.26. The lowest BCUT2D eigenvalue weighted by Gasteiger charge is -2.31. The lowest BCUT2D eigenvalue weighted by atomic mass is 9.77. The Kier molecular flexibility index (Phi) is 5.64. The average Bonchev–Trinajstić information content (AvgIpc) is 2.73. The van der Waals surface area contributed by atoms with E-state index < -0.39 is 12.1 Å². The molecule has 0 saturated heterocycles. The molecule has 3 rings (SSSR count). The van der Waals surface area contributed by atoms with E-state index in [0.717, 1.165) is 11.3 Å². The number of hydrogen-bond donors (Lipinski definition) is 0. The van der Waals surface area contributed by atoms with Crippen molar-refractivity contribution in [3.8, 4) is 0 Å². The van der Waals surface area contributed by atoms with Gasteiger partial charge in [-0.25, -0.2) is 0 Å². The van der Waals surface area contributed by atoms with E-state index in [9.17, 15) is 18.0 Å². The molecule has 0 radical (unpaired) electrons. The number of benzene rings is 1. The number of carbonyl (C=O) groups is 1. The van der Waals surface area contributed by atoms with E-state index in [1.54, 1.807) is 13.0 Å². The first-order chi connectivity index (χ1) is 12.3. The fourth-order valence-corrected chi connectivity index (χ4v) is 4.06. The Bertz CT molecular complexity index is 698. The van der Waals surface area contributed by atoms with Crippen LogP contribution in [-0.4, -0.2) is 17.7 Å². The summed E-state index contributed by atoms with van der Waals surface area (Å²) in [5.41, 5.74) is 2.67. The maximum Gasteiger partial charge on any atom is 0.391 e. The van der Waals surface area contributed by atoms with Gasteiger partial charge in [-0.1, -0.05) is 30.3 Å². The minimum Gasteiger partial charge on any atom is -0.294 e. The third-order valence-electron chi connectivity index (χ3n) is 5.52. The van der Waals surface area contributed by atoms with Crippen LogP contribution in [-0.2, 0) is 11.2 Å². The Morgan fingerprint density at radius 1 is 1.08 bits per heavy atom. The smallest absolute Gasteiger partial charge is 0.294 e. The number of alkyl halides is 3. The van der Waals surface area contributed by atoms with Gasteiger partial charge in [-0.15, -0.1) is 0 Å². The topological polar surface area (TPSA) is 29.4 Å². The Balaban J connectivity index is 1.71. The number of allylic oxidation sites excluding steroid dienone is 2. The largest absolute Gasteiger partial charge is 0.391 e. The summed E-state index contributed by atoms with van der Waals surface area (Å²) in [6.45, 7) is 1.80. The van der Waals surface area contributed by atoms with Gasteiger partial charge in [0.1, 0.15) is 0 Å². The van der Waals surface area contributed by atoms with Gasteiger partial charge in [0.25, 0.3) is 0 Å². The number of hydrogen-bond acceptors (Lipinski definition) is 2. The fourth-order valence-electron chi connectivity index (χ4n) is 4.06. The molecule has 1 fully saturated rings. The Labute approximate surface area is 152 Å². The zero-order valence-electron chi connectivity index (χ0n) is 14.9. The summed E-state index contributed by atoms with van der Waals surface area (Å²) in [5, 5.41) is 0. The van der Waals surface area contributed by atoms with E-state index in [0.29, 0.717) is 31.4 Å². The lowest BCUT2D eigenvalue weighted by molar-refractivity contribution is -0.182. The van der Waals surface area contributed by atoms with Crippen molar-refractivity contribution in [3.05, 3.63) is 47.7 Å². The van der Waals surface area contributed by atoms with Crippen LogP contribution in [0.3, 0.4) is 0 Å². The second kappa shape index (κ2) is 7.77. The van der Waals surface area contributed by atoms with E-state index in [-0.39, 0.29) is 30.5 Å². The number of rotatable bonds is 3. The predicted octanol–water partition coefficient (Wildman–Crippen LogP) is 5.53. The van der Waals surface area contributed by atoms with Gasteiger partial charge in [0.05, 0.1) is 5.92 Å². The van der Waals surface area contributed by atoms with Crippen molar-refractivity contribution in [1.29, 1.82) is 0 Å². The third-order valence-corrected chi connectivity index (χ3v) is 5.52. The predicted molar refractivity (Wildman–Crippen MR) is 96.0 cm³/mol. The first-order valence-electron chi connectivity index (χ1n) is 9.23. The highest BCUT2D eigenvalue weighted by molar-refractivity contribution is 6.00. The summed E-state index contributed by atoms with van der Waals surface area (Å²) < 4.78 is 38.7. The molecule has 26 heavy (non-hydrogen) atoms.